The van der Waals surface area contributed by atoms with Crippen LogP contribution in [0, 0.1) is 13.8 Å². The van der Waals surface area contributed by atoms with E-state index in [1.807, 2.05) is 69.4 Å². The number of aromatic nitrogens is 2. The molecule has 0 unspecified atom stereocenters. The maximum Gasteiger partial charge on any atom is 0.273 e. The Bertz CT molecular complexity index is 1240. The van der Waals surface area contributed by atoms with Crippen LogP contribution in [0.5, 0.6) is 5.75 Å². The first kappa shape index (κ1) is 21.5. The summed E-state index contributed by atoms with van der Waals surface area (Å²) in [7, 11) is 2.01. The molecule has 4 rings (SSSR count). The molecule has 32 heavy (non-hydrogen) atoms. The third-order valence-electron chi connectivity index (χ3n) is 5.27. The van der Waals surface area contributed by atoms with Gasteiger partial charge in [0, 0.05) is 28.9 Å². The number of benzene rings is 3. The molecule has 0 aliphatic rings. The van der Waals surface area contributed by atoms with Crippen molar-refractivity contribution in [3.05, 3.63) is 89.6 Å². The predicted octanol–water partition coefficient (Wildman–Crippen LogP) is 5.79. The van der Waals surface area contributed by atoms with E-state index in [2.05, 4.69) is 32.0 Å². The van der Waals surface area contributed by atoms with Crippen LogP contribution in [0.3, 0.4) is 0 Å². The van der Waals surface area contributed by atoms with Gasteiger partial charge in [0.15, 0.2) is 0 Å². The zero-order valence-electron chi connectivity index (χ0n) is 18.1. The molecule has 0 saturated carbocycles. The molecular weight excluding hydrogens is 420 g/mol. The molecule has 7 heteroatoms. The molecule has 0 bridgehead atoms. The maximum atomic E-state index is 12.7. The molecule has 3 aromatic carbocycles. The molecule has 0 aliphatic carbocycles. The first-order valence-electron chi connectivity index (χ1n) is 10.2. The van der Waals surface area contributed by atoms with Crippen molar-refractivity contribution in [1.82, 2.24) is 10.2 Å². The quantitative estimate of drug-likeness (QED) is 0.328. The van der Waals surface area contributed by atoms with E-state index in [4.69, 9.17) is 0 Å². The Morgan fingerprint density at radius 3 is 2.47 bits per heavy atom. The van der Waals surface area contributed by atoms with Crippen LogP contribution in [0.2, 0.25) is 0 Å². The number of aryl methyl sites for hydroxylation is 1. The van der Waals surface area contributed by atoms with Gasteiger partial charge >= 0.3 is 0 Å². The van der Waals surface area contributed by atoms with Gasteiger partial charge < -0.3 is 14.7 Å². The normalized spacial score (nSPS) is 10.7. The molecule has 1 heterocycles. The average Bonchev–Trinajstić information content (AvgIpc) is 3.29. The van der Waals surface area contributed by atoms with E-state index in [0.29, 0.717) is 22.6 Å². The Labute approximate surface area is 191 Å². The van der Waals surface area contributed by atoms with E-state index in [9.17, 15) is 9.90 Å². The SMILES string of the molecule is Cc1ccc(-c2cc(C(=O)Nc3ccc(SN(C)c4ccccc4)cc3)[nH]n2)c(O)c1C. The average molecular weight is 445 g/mol. The van der Waals surface area contributed by atoms with E-state index in [0.717, 1.165) is 21.7 Å². The fraction of sp³-hybridized carbons (Fsp3) is 0.120. The number of nitrogens with zero attached hydrogens (tertiary/aromatic N) is 2. The summed E-state index contributed by atoms with van der Waals surface area (Å²) in [6, 6.07) is 23.1. The molecule has 6 nitrogen and oxygen atoms in total. The summed E-state index contributed by atoms with van der Waals surface area (Å²) in [6.45, 7) is 3.79. The van der Waals surface area contributed by atoms with Crippen molar-refractivity contribution in [1.29, 1.82) is 0 Å². The zero-order valence-corrected chi connectivity index (χ0v) is 18.9. The number of para-hydroxylation sites is 1. The first-order chi connectivity index (χ1) is 15.4. The molecule has 0 saturated heterocycles. The molecule has 1 amide bonds. The molecule has 0 radical (unpaired) electrons. The van der Waals surface area contributed by atoms with Gasteiger partial charge in [-0.05, 0) is 85.5 Å². The lowest BCUT2D eigenvalue weighted by atomic mass is 10.0. The van der Waals surface area contributed by atoms with Crippen LogP contribution < -0.4 is 9.62 Å². The van der Waals surface area contributed by atoms with Crippen LogP contribution in [0.25, 0.3) is 11.3 Å². The van der Waals surface area contributed by atoms with Crippen LogP contribution >= 0.6 is 11.9 Å². The summed E-state index contributed by atoms with van der Waals surface area (Å²) in [6.07, 6.45) is 0. The summed E-state index contributed by atoms with van der Waals surface area (Å²) in [5.74, 6) is -0.120. The van der Waals surface area contributed by atoms with Gasteiger partial charge in [-0.15, -0.1) is 0 Å². The maximum absolute atomic E-state index is 12.7. The molecule has 0 atom stereocenters. The highest BCUT2D eigenvalue weighted by atomic mass is 32.2. The number of phenolic OH excluding ortho intramolecular Hbond substituents is 1. The van der Waals surface area contributed by atoms with Gasteiger partial charge in [0.25, 0.3) is 5.91 Å². The van der Waals surface area contributed by atoms with Crippen LogP contribution in [0.15, 0.2) is 77.7 Å². The van der Waals surface area contributed by atoms with Gasteiger partial charge in [-0.3, -0.25) is 9.89 Å². The van der Waals surface area contributed by atoms with E-state index >= 15 is 0 Å². The summed E-state index contributed by atoms with van der Waals surface area (Å²) in [5.41, 5.74) is 5.02. The Kier molecular flexibility index (Phi) is 6.18. The molecule has 3 N–H and O–H groups in total. The molecule has 0 fully saturated rings. The number of nitrogens with one attached hydrogen (secondary N) is 2. The van der Waals surface area contributed by atoms with Gasteiger partial charge in [-0.1, -0.05) is 24.3 Å². The smallest absolute Gasteiger partial charge is 0.273 e. The fourth-order valence-electron chi connectivity index (χ4n) is 3.23. The van der Waals surface area contributed by atoms with E-state index < -0.39 is 0 Å². The van der Waals surface area contributed by atoms with Crippen molar-refractivity contribution < 1.29 is 9.90 Å². The van der Waals surface area contributed by atoms with E-state index in [1.54, 1.807) is 24.1 Å². The Morgan fingerprint density at radius 1 is 1.03 bits per heavy atom. The lowest BCUT2D eigenvalue weighted by Gasteiger charge is -2.17. The van der Waals surface area contributed by atoms with E-state index in [-0.39, 0.29) is 11.7 Å². The monoisotopic (exact) mass is 444 g/mol. The van der Waals surface area contributed by atoms with Crippen LogP contribution in [0.1, 0.15) is 21.6 Å². The number of hydrogen-bond acceptors (Lipinski definition) is 5. The van der Waals surface area contributed by atoms with Gasteiger partial charge in [0.05, 0.1) is 5.69 Å². The summed E-state index contributed by atoms with van der Waals surface area (Å²) in [4.78, 5) is 13.7. The number of carbonyl (C=O) groups excluding carboxylic acids is 1. The number of H-pyrrole nitrogens is 1. The number of carbonyl (C=O) groups is 1. The Morgan fingerprint density at radius 2 is 1.75 bits per heavy atom. The second kappa shape index (κ2) is 9.20. The number of aromatic amines is 1. The number of phenols is 1. The fourth-order valence-corrected chi connectivity index (χ4v) is 4.03. The van der Waals surface area contributed by atoms with Crippen molar-refractivity contribution in [3.63, 3.8) is 0 Å². The van der Waals surface area contributed by atoms with Crippen LogP contribution in [0.4, 0.5) is 11.4 Å². The van der Waals surface area contributed by atoms with Gasteiger partial charge in [-0.2, -0.15) is 5.10 Å². The lowest BCUT2D eigenvalue weighted by Crippen LogP contribution is -2.12. The van der Waals surface area contributed by atoms with Crippen molar-refractivity contribution in [2.75, 3.05) is 16.7 Å². The summed E-state index contributed by atoms with van der Waals surface area (Å²) in [5, 5.41) is 20.2. The highest BCUT2D eigenvalue weighted by Crippen LogP contribution is 2.33. The Hall–Kier alpha value is -3.71. The second-order valence-corrected chi connectivity index (χ2v) is 8.67. The topological polar surface area (TPSA) is 81.2 Å². The molecule has 0 spiro atoms. The molecule has 4 aromatic rings. The molecular formula is C25H24N4O2S. The number of aromatic hydroxyl groups is 1. The van der Waals surface area contributed by atoms with Crippen molar-refractivity contribution in [2.24, 2.45) is 0 Å². The second-order valence-electron chi connectivity index (χ2n) is 7.47. The number of anilines is 2. The third kappa shape index (κ3) is 4.63. The predicted molar refractivity (Wildman–Crippen MR) is 130 cm³/mol. The van der Waals surface area contributed by atoms with Crippen LogP contribution in [-0.2, 0) is 0 Å². The first-order valence-corrected chi connectivity index (χ1v) is 10.9. The van der Waals surface area contributed by atoms with Gasteiger partial charge in [0.1, 0.15) is 11.4 Å². The van der Waals surface area contributed by atoms with Crippen molar-refractivity contribution in [3.8, 4) is 17.0 Å². The minimum atomic E-state index is -0.297. The third-order valence-corrected chi connectivity index (χ3v) is 6.24. The minimum Gasteiger partial charge on any atom is -0.507 e. The molecule has 0 aliphatic heterocycles. The summed E-state index contributed by atoms with van der Waals surface area (Å²) >= 11 is 1.61. The number of amides is 1. The lowest BCUT2D eigenvalue weighted by molar-refractivity contribution is 0.102. The Balaban J connectivity index is 1.42. The summed E-state index contributed by atoms with van der Waals surface area (Å²) < 4.78 is 2.09. The van der Waals surface area contributed by atoms with Crippen LogP contribution in [-0.4, -0.2) is 28.3 Å². The van der Waals surface area contributed by atoms with Crippen molar-refractivity contribution in [2.45, 2.75) is 18.7 Å². The van der Waals surface area contributed by atoms with Gasteiger partial charge in [0.2, 0.25) is 0 Å². The molecule has 162 valence electrons. The number of hydrogen-bond donors (Lipinski definition) is 3. The standard InChI is InChI=1S/C25H24N4O2S/c1-16-9-14-21(24(30)17(16)2)22-15-23(28-27-22)25(31)26-18-10-12-20(13-11-18)32-29(3)19-7-5-4-6-8-19/h4-15,30H,1-3H3,(H,26,31)(H,27,28). The van der Waals surface area contributed by atoms with Crippen molar-refractivity contribution >= 4 is 29.2 Å². The highest BCUT2D eigenvalue weighted by Gasteiger charge is 2.15. The zero-order chi connectivity index (χ0) is 22.7. The highest BCUT2D eigenvalue weighted by molar-refractivity contribution is 8.00. The largest absolute Gasteiger partial charge is 0.507 e. The minimum absolute atomic E-state index is 0.178. The van der Waals surface area contributed by atoms with E-state index in [1.165, 1.54) is 0 Å². The van der Waals surface area contributed by atoms with Gasteiger partial charge in [-0.25, -0.2) is 0 Å². The number of rotatable bonds is 6. The molecule has 1 aromatic heterocycles.